The van der Waals surface area contributed by atoms with Gasteiger partial charge in [0.1, 0.15) is 28.9 Å². The molecule has 3 atom stereocenters. The smallest absolute Gasteiger partial charge is 0.251 e. The van der Waals surface area contributed by atoms with Crippen LogP contribution in [0.2, 0.25) is 0 Å². The van der Waals surface area contributed by atoms with Gasteiger partial charge in [-0.05, 0) is 74.1 Å². The Balaban J connectivity index is 1.22. The number of fused-ring (bicyclic) bond motifs is 1. The van der Waals surface area contributed by atoms with E-state index in [9.17, 15) is 14.1 Å². The molecule has 1 fully saturated rings. The zero-order valence-electron chi connectivity index (χ0n) is 28.6. The van der Waals surface area contributed by atoms with Crippen molar-refractivity contribution in [2.24, 2.45) is 5.92 Å². The van der Waals surface area contributed by atoms with Crippen LogP contribution in [0.25, 0.3) is 10.2 Å². The van der Waals surface area contributed by atoms with Gasteiger partial charge in [-0.2, -0.15) is 0 Å². The number of thiazole rings is 1. The standard InChI is InChI=1S/C37H43N7O4S2/c1-23(2)20-44(50(47)28-13-14-29-34(19-28)49-37(43-29)40-27-11-12-27)21-32(45)30(17-25-8-6-5-7-9-25)42-36(46)26-10-15-33(48-4)31(18-26)41-35-16-24(3)38-22-39-35/h5-10,13-16,18-19,22-23,27,30,32,45H,11-12,17,20-21H2,1-4H3,(H,40,43)(H,42,46)(H,38,39,41)/t30-,32+,50?/m0/s1. The molecule has 3 aromatic carbocycles. The normalized spacial score (nSPS) is 14.8. The Morgan fingerprint density at radius 2 is 1.86 bits per heavy atom. The van der Waals surface area contributed by atoms with E-state index in [2.05, 4.69) is 44.7 Å². The predicted octanol–water partition coefficient (Wildman–Crippen LogP) is 6.10. The first kappa shape index (κ1) is 35.4. The molecular formula is C37H43N7O4S2. The van der Waals surface area contributed by atoms with Crippen molar-refractivity contribution in [3.63, 3.8) is 0 Å². The van der Waals surface area contributed by atoms with Crippen LogP contribution < -0.4 is 20.7 Å². The van der Waals surface area contributed by atoms with Crippen LogP contribution in [-0.4, -0.2) is 72.9 Å². The van der Waals surface area contributed by atoms with Gasteiger partial charge in [-0.25, -0.2) is 23.5 Å². The van der Waals surface area contributed by atoms with E-state index in [-0.39, 0.29) is 18.4 Å². The molecule has 2 heterocycles. The van der Waals surface area contributed by atoms with Crippen molar-refractivity contribution in [1.29, 1.82) is 0 Å². The fraction of sp³-hybridized carbons (Fsp3) is 0.351. The molecule has 0 aliphatic heterocycles. The van der Waals surface area contributed by atoms with Crippen LogP contribution in [0.1, 0.15) is 48.3 Å². The number of aliphatic hydroxyl groups is 1. The molecule has 6 rings (SSSR count). The maximum absolute atomic E-state index is 14.1. The van der Waals surface area contributed by atoms with E-state index in [4.69, 9.17) is 4.74 Å². The van der Waals surface area contributed by atoms with Gasteiger partial charge in [-0.3, -0.25) is 4.79 Å². The topological polar surface area (TPSA) is 142 Å². The Morgan fingerprint density at radius 3 is 2.58 bits per heavy atom. The van der Waals surface area contributed by atoms with Gasteiger partial charge in [0.25, 0.3) is 5.91 Å². The van der Waals surface area contributed by atoms with E-state index in [0.29, 0.717) is 46.7 Å². The second-order valence-electron chi connectivity index (χ2n) is 13.0. The molecule has 262 valence electrons. The number of aryl methyl sites for hydroxylation is 1. The van der Waals surface area contributed by atoms with Crippen LogP contribution in [0.15, 0.2) is 84.0 Å². The summed E-state index contributed by atoms with van der Waals surface area (Å²) in [4.78, 5) is 27.6. The molecule has 5 aromatic rings. The SMILES string of the molecule is COc1ccc(C(=O)N[C@@H](Cc2ccccc2)[C@H](O)CN(CC(C)C)S(=O)c2ccc3nc(NC4CC4)sc3c2)cc1Nc1cc(C)ncn1. The van der Waals surface area contributed by atoms with Gasteiger partial charge in [0.15, 0.2) is 5.13 Å². The minimum atomic E-state index is -1.56. The number of hydrogen-bond donors (Lipinski definition) is 4. The van der Waals surface area contributed by atoms with Gasteiger partial charge in [-0.1, -0.05) is 55.5 Å². The number of amides is 1. The van der Waals surface area contributed by atoms with Crippen molar-refractivity contribution in [3.8, 4) is 5.75 Å². The van der Waals surface area contributed by atoms with Gasteiger partial charge in [0, 0.05) is 36.5 Å². The van der Waals surface area contributed by atoms with E-state index in [1.807, 2.05) is 55.5 Å². The van der Waals surface area contributed by atoms with E-state index in [1.165, 1.54) is 6.33 Å². The third-order valence-electron chi connectivity index (χ3n) is 8.27. The molecule has 50 heavy (non-hydrogen) atoms. The predicted molar refractivity (Wildman–Crippen MR) is 200 cm³/mol. The van der Waals surface area contributed by atoms with Crippen LogP contribution in [0, 0.1) is 12.8 Å². The Morgan fingerprint density at radius 1 is 1.06 bits per heavy atom. The van der Waals surface area contributed by atoms with Crippen molar-refractivity contribution in [2.75, 3.05) is 30.8 Å². The number of carbonyl (C=O) groups excluding carboxylic acids is 1. The van der Waals surface area contributed by atoms with Crippen molar-refractivity contribution >= 4 is 55.1 Å². The zero-order chi connectivity index (χ0) is 35.2. The number of methoxy groups -OCH3 is 1. The third kappa shape index (κ3) is 9.21. The molecule has 4 N–H and O–H groups in total. The van der Waals surface area contributed by atoms with Crippen molar-refractivity contribution in [2.45, 2.75) is 63.1 Å². The maximum Gasteiger partial charge on any atom is 0.251 e. The van der Waals surface area contributed by atoms with Gasteiger partial charge >= 0.3 is 0 Å². The quantitative estimate of drug-likeness (QED) is 0.0954. The monoisotopic (exact) mass is 713 g/mol. The minimum absolute atomic E-state index is 0.0836. The molecule has 0 saturated heterocycles. The summed E-state index contributed by atoms with van der Waals surface area (Å²) in [5.41, 5.74) is 3.55. The van der Waals surface area contributed by atoms with Crippen molar-refractivity contribution in [1.82, 2.24) is 24.6 Å². The summed E-state index contributed by atoms with van der Waals surface area (Å²) in [6.07, 6.45) is 3.12. The molecular weight excluding hydrogens is 671 g/mol. The second-order valence-corrected chi connectivity index (χ2v) is 15.5. The summed E-state index contributed by atoms with van der Waals surface area (Å²) in [7, 11) is -0.00165. The van der Waals surface area contributed by atoms with Crippen LogP contribution in [0.3, 0.4) is 0 Å². The van der Waals surface area contributed by atoms with Gasteiger partial charge in [0.2, 0.25) is 0 Å². The van der Waals surface area contributed by atoms with Crippen LogP contribution in [0.5, 0.6) is 5.75 Å². The number of anilines is 3. The summed E-state index contributed by atoms with van der Waals surface area (Å²) in [5.74, 6) is 0.919. The largest absolute Gasteiger partial charge is 0.495 e. The van der Waals surface area contributed by atoms with Gasteiger partial charge < -0.3 is 25.8 Å². The van der Waals surface area contributed by atoms with Crippen LogP contribution in [-0.2, 0) is 17.4 Å². The number of aliphatic hydroxyl groups excluding tert-OH is 1. The lowest BCUT2D eigenvalue weighted by Crippen LogP contribution is -2.50. The van der Waals surface area contributed by atoms with Crippen molar-refractivity contribution in [3.05, 3.63) is 95.9 Å². The first-order valence-corrected chi connectivity index (χ1v) is 18.7. The van der Waals surface area contributed by atoms with E-state index >= 15 is 0 Å². The highest BCUT2D eigenvalue weighted by Gasteiger charge is 2.28. The van der Waals surface area contributed by atoms with E-state index in [1.54, 1.807) is 47.0 Å². The summed E-state index contributed by atoms with van der Waals surface area (Å²) in [6, 6.07) is 22.1. The molecule has 1 aliphatic rings. The average Bonchev–Trinajstić information content (AvgIpc) is 3.82. The molecule has 1 unspecified atom stereocenters. The summed E-state index contributed by atoms with van der Waals surface area (Å²) in [5, 5.41) is 22.4. The second kappa shape index (κ2) is 16.1. The number of nitrogens with zero attached hydrogens (tertiary/aromatic N) is 4. The first-order valence-electron chi connectivity index (χ1n) is 16.8. The number of aromatic nitrogens is 3. The fourth-order valence-electron chi connectivity index (χ4n) is 5.59. The molecule has 1 aliphatic carbocycles. The Labute approximate surface area is 299 Å². The number of benzene rings is 3. The van der Waals surface area contributed by atoms with Gasteiger partial charge in [0.05, 0.1) is 40.1 Å². The van der Waals surface area contributed by atoms with E-state index in [0.717, 1.165) is 39.4 Å². The van der Waals surface area contributed by atoms with Crippen LogP contribution >= 0.6 is 11.3 Å². The summed E-state index contributed by atoms with van der Waals surface area (Å²) < 4.78 is 22.4. The molecule has 1 saturated carbocycles. The maximum atomic E-state index is 14.1. The number of hydrogen-bond acceptors (Lipinski definition) is 10. The highest BCUT2D eigenvalue weighted by Crippen LogP contribution is 2.32. The number of ether oxygens (including phenoxy) is 1. The highest BCUT2D eigenvalue weighted by molar-refractivity contribution is 7.82. The van der Waals surface area contributed by atoms with Crippen LogP contribution in [0.4, 0.5) is 16.6 Å². The summed E-state index contributed by atoms with van der Waals surface area (Å²) >= 11 is 1.56. The van der Waals surface area contributed by atoms with Gasteiger partial charge in [-0.15, -0.1) is 0 Å². The average molecular weight is 714 g/mol. The number of nitrogens with one attached hydrogen (secondary N) is 3. The highest BCUT2D eigenvalue weighted by atomic mass is 32.2. The third-order valence-corrected chi connectivity index (χ3v) is 10.6. The Hall–Kier alpha value is -4.43. The molecule has 0 bridgehead atoms. The molecule has 0 radical (unpaired) electrons. The molecule has 2 aromatic heterocycles. The molecule has 0 spiro atoms. The van der Waals surface area contributed by atoms with Crippen molar-refractivity contribution < 1.29 is 18.8 Å². The molecule has 11 nitrogen and oxygen atoms in total. The Kier molecular flexibility index (Phi) is 11.4. The zero-order valence-corrected chi connectivity index (χ0v) is 30.3. The Bertz CT molecular complexity index is 1950. The lowest BCUT2D eigenvalue weighted by molar-refractivity contribution is 0.0780. The number of rotatable bonds is 16. The minimum Gasteiger partial charge on any atom is -0.495 e. The lowest BCUT2D eigenvalue weighted by Gasteiger charge is -2.30. The molecule has 1 amide bonds. The first-order chi connectivity index (χ1) is 24.1. The molecule has 13 heteroatoms. The van der Waals surface area contributed by atoms with E-state index < -0.39 is 23.1 Å². The number of carbonyl (C=O) groups is 1. The lowest BCUT2D eigenvalue weighted by atomic mass is 10.00. The fourth-order valence-corrected chi connectivity index (χ4v) is 8.07. The summed E-state index contributed by atoms with van der Waals surface area (Å²) in [6.45, 7) is 6.55.